The van der Waals surface area contributed by atoms with Gasteiger partial charge in [0.15, 0.2) is 0 Å². The maximum atomic E-state index is 3.19. The molecule has 14 heavy (non-hydrogen) atoms. The average Bonchev–Trinajstić information content (AvgIpc) is 2.27. The molecule has 0 saturated heterocycles. The minimum Gasteiger partial charge on any atom is -0.388 e. The van der Waals surface area contributed by atoms with Gasteiger partial charge in [-0.25, -0.2) is 0 Å². The van der Waals surface area contributed by atoms with Gasteiger partial charge in [0.25, 0.3) is 0 Å². The van der Waals surface area contributed by atoms with Gasteiger partial charge in [0.05, 0.1) is 0 Å². The lowest BCUT2D eigenvalue weighted by Crippen LogP contribution is -1.93. The molecule has 2 nitrogen and oxygen atoms in total. The van der Waals surface area contributed by atoms with Crippen molar-refractivity contribution >= 4 is 22.1 Å². The van der Waals surface area contributed by atoms with Gasteiger partial charge in [0, 0.05) is 36.2 Å². The summed E-state index contributed by atoms with van der Waals surface area (Å²) < 4.78 is 0. The van der Waals surface area contributed by atoms with Gasteiger partial charge in [-0.05, 0) is 12.1 Å². The van der Waals surface area contributed by atoms with E-state index in [9.17, 15) is 0 Å². The van der Waals surface area contributed by atoms with Crippen LogP contribution >= 0.6 is 0 Å². The second-order valence-corrected chi connectivity index (χ2v) is 3.21. The van der Waals surface area contributed by atoms with Gasteiger partial charge in [-0.3, -0.25) is 0 Å². The van der Waals surface area contributed by atoms with E-state index in [-0.39, 0.29) is 0 Å². The minimum absolute atomic E-state index is 1.17. The Hall–Kier alpha value is -1.70. The standard InChI is InChI=1S/C12H14N2/c1-13-11-7-8-12(14-2)10-6-4-3-5-9(10)11/h3-8,13-14H,1-2H3. The third-order valence-electron chi connectivity index (χ3n) is 2.46. The summed E-state index contributed by atoms with van der Waals surface area (Å²) in [6, 6.07) is 12.6. The molecule has 2 aromatic rings. The lowest BCUT2D eigenvalue weighted by Gasteiger charge is -2.10. The summed E-state index contributed by atoms with van der Waals surface area (Å²) >= 11 is 0. The molecule has 72 valence electrons. The van der Waals surface area contributed by atoms with Gasteiger partial charge in [-0.15, -0.1) is 0 Å². The van der Waals surface area contributed by atoms with E-state index in [0.29, 0.717) is 0 Å². The van der Waals surface area contributed by atoms with E-state index in [1.807, 2.05) is 14.1 Å². The Labute approximate surface area is 83.9 Å². The molecule has 0 aliphatic rings. The van der Waals surface area contributed by atoms with Crippen molar-refractivity contribution in [1.29, 1.82) is 0 Å². The topological polar surface area (TPSA) is 24.1 Å². The molecule has 2 aromatic carbocycles. The summed E-state index contributed by atoms with van der Waals surface area (Å²) in [7, 11) is 3.89. The van der Waals surface area contributed by atoms with Crippen LogP contribution in [0.4, 0.5) is 11.4 Å². The van der Waals surface area contributed by atoms with Crippen molar-refractivity contribution in [2.45, 2.75) is 0 Å². The van der Waals surface area contributed by atoms with E-state index in [2.05, 4.69) is 47.0 Å². The Morgan fingerprint density at radius 2 is 1.14 bits per heavy atom. The first-order valence-corrected chi connectivity index (χ1v) is 4.74. The van der Waals surface area contributed by atoms with Crippen molar-refractivity contribution in [3.8, 4) is 0 Å². The molecule has 0 radical (unpaired) electrons. The largest absolute Gasteiger partial charge is 0.388 e. The first-order valence-electron chi connectivity index (χ1n) is 4.74. The molecule has 0 atom stereocenters. The first kappa shape index (κ1) is 8.88. The number of hydrogen-bond donors (Lipinski definition) is 2. The van der Waals surface area contributed by atoms with Crippen LogP contribution in [0.1, 0.15) is 0 Å². The maximum absolute atomic E-state index is 3.19. The number of rotatable bonds is 2. The fourth-order valence-corrected chi connectivity index (χ4v) is 1.74. The molecule has 0 spiro atoms. The van der Waals surface area contributed by atoms with Crippen LogP contribution in [0.3, 0.4) is 0 Å². The van der Waals surface area contributed by atoms with Crippen molar-refractivity contribution in [2.24, 2.45) is 0 Å². The van der Waals surface area contributed by atoms with Gasteiger partial charge >= 0.3 is 0 Å². The Bertz CT molecular complexity index is 407. The Morgan fingerprint density at radius 3 is 1.50 bits per heavy atom. The molecule has 0 aliphatic carbocycles. The van der Waals surface area contributed by atoms with E-state index in [0.717, 1.165) is 0 Å². The molecule has 0 bridgehead atoms. The van der Waals surface area contributed by atoms with E-state index >= 15 is 0 Å². The van der Waals surface area contributed by atoms with Crippen LogP contribution in [0, 0.1) is 0 Å². The number of anilines is 2. The molecule has 2 N–H and O–H groups in total. The fraction of sp³-hybridized carbons (Fsp3) is 0.167. The van der Waals surface area contributed by atoms with Crippen LogP contribution in [-0.4, -0.2) is 14.1 Å². The number of nitrogens with one attached hydrogen (secondary N) is 2. The molecule has 2 heteroatoms. The Kier molecular flexibility index (Phi) is 2.27. The molecule has 0 saturated carbocycles. The summed E-state index contributed by atoms with van der Waals surface area (Å²) in [6.07, 6.45) is 0. The van der Waals surface area contributed by atoms with Gasteiger partial charge in [0.1, 0.15) is 0 Å². The monoisotopic (exact) mass is 186 g/mol. The van der Waals surface area contributed by atoms with Crippen molar-refractivity contribution in [3.05, 3.63) is 36.4 Å². The third-order valence-corrected chi connectivity index (χ3v) is 2.46. The molecule has 0 aromatic heterocycles. The molecule has 0 heterocycles. The quantitative estimate of drug-likeness (QED) is 0.753. The molecule has 0 amide bonds. The molecule has 2 rings (SSSR count). The van der Waals surface area contributed by atoms with Crippen molar-refractivity contribution in [1.82, 2.24) is 0 Å². The van der Waals surface area contributed by atoms with Crippen LogP contribution in [0.2, 0.25) is 0 Å². The Morgan fingerprint density at radius 1 is 0.714 bits per heavy atom. The normalized spacial score (nSPS) is 10.1. The number of fused-ring (bicyclic) bond motifs is 1. The predicted molar refractivity (Wildman–Crippen MR) is 63.0 cm³/mol. The molecule has 0 unspecified atom stereocenters. The van der Waals surface area contributed by atoms with Crippen LogP contribution in [0.25, 0.3) is 10.8 Å². The van der Waals surface area contributed by atoms with Crippen LogP contribution in [0.5, 0.6) is 0 Å². The zero-order valence-electron chi connectivity index (χ0n) is 8.46. The SMILES string of the molecule is CNc1ccc(NC)c2ccccc12. The first-order chi connectivity index (χ1) is 6.86. The second-order valence-electron chi connectivity index (χ2n) is 3.21. The van der Waals surface area contributed by atoms with Gasteiger partial charge in [-0.2, -0.15) is 0 Å². The lowest BCUT2D eigenvalue weighted by molar-refractivity contribution is 1.51. The summed E-state index contributed by atoms with van der Waals surface area (Å²) in [5.41, 5.74) is 2.33. The molecule has 0 aliphatic heterocycles. The van der Waals surface area contributed by atoms with E-state index in [1.54, 1.807) is 0 Å². The predicted octanol–water partition coefficient (Wildman–Crippen LogP) is 2.92. The van der Waals surface area contributed by atoms with Crippen LogP contribution < -0.4 is 10.6 Å². The lowest BCUT2D eigenvalue weighted by atomic mass is 10.1. The highest BCUT2D eigenvalue weighted by Gasteiger charge is 2.01. The summed E-state index contributed by atoms with van der Waals surface area (Å²) in [5, 5.41) is 8.89. The molecular weight excluding hydrogens is 172 g/mol. The van der Waals surface area contributed by atoms with Crippen LogP contribution in [0.15, 0.2) is 36.4 Å². The van der Waals surface area contributed by atoms with Gasteiger partial charge in [-0.1, -0.05) is 24.3 Å². The van der Waals surface area contributed by atoms with Crippen LogP contribution in [-0.2, 0) is 0 Å². The number of benzene rings is 2. The molecular formula is C12H14N2. The van der Waals surface area contributed by atoms with Crippen molar-refractivity contribution in [2.75, 3.05) is 24.7 Å². The van der Waals surface area contributed by atoms with E-state index < -0.39 is 0 Å². The second kappa shape index (κ2) is 3.58. The highest BCUT2D eigenvalue weighted by Crippen LogP contribution is 2.29. The third kappa shape index (κ3) is 1.29. The Balaban J connectivity index is 2.78. The van der Waals surface area contributed by atoms with E-state index in [4.69, 9.17) is 0 Å². The minimum atomic E-state index is 1.17. The number of hydrogen-bond acceptors (Lipinski definition) is 2. The van der Waals surface area contributed by atoms with Crippen molar-refractivity contribution in [3.63, 3.8) is 0 Å². The van der Waals surface area contributed by atoms with Gasteiger partial charge in [0.2, 0.25) is 0 Å². The zero-order chi connectivity index (χ0) is 9.97. The maximum Gasteiger partial charge on any atom is 0.0418 e. The highest BCUT2D eigenvalue weighted by molar-refractivity contribution is 6.01. The smallest absolute Gasteiger partial charge is 0.0418 e. The van der Waals surface area contributed by atoms with Crippen molar-refractivity contribution < 1.29 is 0 Å². The summed E-state index contributed by atoms with van der Waals surface area (Å²) in [5.74, 6) is 0. The molecule has 0 fully saturated rings. The fourth-order valence-electron chi connectivity index (χ4n) is 1.74. The summed E-state index contributed by atoms with van der Waals surface area (Å²) in [6.45, 7) is 0. The highest BCUT2D eigenvalue weighted by atomic mass is 14.8. The van der Waals surface area contributed by atoms with E-state index in [1.165, 1.54) is 22.1 Å². The average molecular weight is 186 g/mol. The summed E-state index contributed by atoms with van der Waals surface area (Å²) in [4.78, 5) is 0. The van der Waals surface area contributed by atoms with Gasteiger partial charge < -0.3 is 10.6 Å². The zero-order valence-corrected chi connectivity index (χ0v) is 8.46.